The summed E-state index contributed by atoms with van der Waals surface area (Å²) in [7, 11) is 0. The van der Waals surface area contributed by atoms with Gasteiger partial charge in [-0.1, -0.05) is 6.07 Å². The number of hydrogen-bond donors (Lipinski definition) is 3. The predicted molar refractivity (Wildman–Crippen MR) is 73.7 cm³/mol. The van der Waals surface area contributed by atoms with Crippen molar-refractivity contribution in [2.45, 2.75) is 0 Å². The van der Waals surface area contributed by atoms with E-state index in [0.717, 1.165) is 12.1 Å². The van der Waals surface area contributed by atoms with E-state index in [1.54, 1.807) is 0 Å². The molecular weight excluding hydrogens is 280 g/mol. The molecule has 0 aromatic heterocycles. The molecule has 2 amide bonds. The van der Waals surface area contributed by atoms with E-state index in [4.69, 9.17) is 11.5 Å². The zero-order chi connectivity index (χ0) is 15.6. The summed E-state index contributed by atoms with van der Waals surface area (Å²) in [5, 5.41) is 2.28. The predicted octanol–water partition coefficient (Wildman–Crippen LogP) is 1.90. The van der Waals surface area contributed by atoms with E-state index in [1.165, 1.54) is 24.3 Å². The maximum absolute atomic E-state index is 13.7. The van der Waals surface area contributed by atoms with Gasteiger partial charge in [0.1, 0.15) is 11.4 Å². The van der Waals surface area contributed by atoms with Crippen LogP contribution in [0.5, 0.6) is 0 Å². The second kappa shape index (κ2) is 5.58. The fourth-order valence-electron chi connectivity index (χ4n) is 1.72. The first-order valence-corrected chi connectivity index (χ1v) is 5.85. The molecule has 2 aromatic rings. The number of benzene rings is 2. The van der Waals surface area contributed by atoms with E-state index >= 15 is 0 Å². The van der Waals surface area contributed by atoms with Crippen LogP contribution < -0.4 is 16.8 Å². The van der Waals surface area contributed by atoms with E-state index in [2.05, 4.69) is 5.32 Å². The lowest BCUT2D eigenvalue weighted by molar-refractivity contribution is 0.0994. The van der Waals surface area contributed by atoms with Gasteiger partial charge in [-0.05, 0) is 30.3 Å². The minimum absolute atomic E-state index is 0.154. The van der Waals surface area contributed by atoms with Crippen LogP contribution in [0.2, 0.25) is 0 Å². The summed E-state index contributed by atoms with van der Waals surface area (Å²) in [5.41, 5.74) is 9.61. The Morgan fingerprint density at radius 2 is 1.81 bits per heavy atom. The fraction of sp³-hybridized carbons (Fsp3) is 0. The van der Waals surface area contributed by atoms with Crippen LogP contribution in [-0.4, -0.2) is 11.8 Å². The van der Waals surface area contributed by atoms with Crippen molar-refractivity contribution >= 4 is 23.2 Å². The molecule has 0 spiro atoms. The highest BCUT2D eigenvalue weighted by atomic mass is 19.1. The number of carbonyl (C=O) groups is 2. The number of nitrogen functional groups attached to an aromatic ring is 1. The SMILES string of the molecule is NC(=O)c1cccc(NC(=O)c2c(F)ccc(N)c2F)c1. The van der Waals surface area contributed by atoms with Crippen LogP contribution in [0.3, 0.4) is 0 Å². The minimum Gasteiger partial charge on any atom is -0.396 e. The van der Waals surface area contributed by atoms with Crippen LogP contribution in [0.15, 0.2) is 36.4 Å². The molecule has 5 N–H and O–H groups in total. The Labute approximate surface area is 118 Å². The molecule has 0 radical (unpaired) electrons. The van der Waals surface area contributed by atoms with Gasteiger partial charge in [-0.15, -0.1) is 0 Å². The van der Waals surface area contributed by atoms with Crippen molar-refractivity contribution in [3.05, 3.63) is 59.2 Å². The summed E-state index contributed by atoms with van der Waals surface area (Å²) in [6, 6.07) is 7.58. The molecule has 5 nitrogen and oxygen atoms in total. The van der Waals surface area contributed by atoms with Crippen molar-refractivity contribution < 1.29 is 18.4 Å². The average molecular weight is 291 g/mol. The van der Waals surface area contributed by atoms with E-state index < -0.39 is 29.0 Å². The van der Waals surface area contributed by atoms with Gasteiger partial charge >= 0.3 is 0 Å². The molecule has 108 valence electrons. The molecule has 0 heterocycles. The quantitative estimate of drug-likeness (QED) is 0.753. The highest BCUT2D eigenvalue weighted by molar-refractivity contribution is 6.05. The topological polar surface area (TPSA) is 98.2 Å². The smallest absolute Gasteiger partial charge is 0.261 e. The number of nitrogens with one attached hydrogen (secondary N) is 1. The molecule has 0 unspecified atom stereocenters. The second-order valence-corrected chi connectivity index (χ2v) is 4.22. The lowest BCUT2D eigenvalue weighted by Gasteiger charge is -2.09. The Morgan fingerprint density at radius 3 is 2.48 bits per heavy atom. The minimum atomic E-state index is -1.14. The summed E-state index contributed by atoms with van der Waals surface area (Å²) < 4.78 is 27.3. The number of carbonyl (C=O) groups excluding carboxylic acids is 2. The number of rotatable bonds is 3. The molecule has 21 heavy (non-hydrogen) atoms. The second-order valence-electron chi connectivity index (χ2n) is 4.22. The maximum atomic E-state index is 13.7. The van der Waals surface area contributed by atoms with Crippen LogP contribution >= 0.6 is 0 Å². The van der Waals surface area contributed by atoms with E-state index in [0.29, 0.717) is 0 Å². The van der Waals surface area contributed by atoms with Gasteiger partial charge in [-0.25, -0.2) is 8.78 Å². The van der Waals surface area contributed by atoms with Gasteiger partial charge in [0.25, 0.3) is 5.91 Å². The van der Waals surface area contributed by atoms with Crippen molar-refractivity contribution in [2.75, 3.05) is 11.1 Å². The first kappa shape index (κ1) is 14.4. The van der Waals surface area contributed by atoms with Crippen LogP contribution in [0.1, 0.15) is 20.7 Å². The Kier molecular flexibility index (Phi) is 3.84. The van der Waals surface area contributed by atoms with Gasteiger partial charge < -0.3 is 16.8 Å². The molecule has 0 saturated carbocycles. The summed E-state index contributed by atoms with van der Waals surface area (Å²) in [4.78, 5) is 23.0. The molecule has 0 aliphatic heterocycles. The van der Waals surface area contributed by atoms with Crippen LogP contribution in [0, 0.1) is 11.6 Å². The number of anilines is 2. The molecule has 0 atom stereocenters. The number of primary amides is 1. The first-order chi connectivity index (χ1) is 9.90. The van der Waals surface area contributed by atoms with Crippen LogP contribution in [0.25, 0.3) is 0 Å². The van der Waals surface area contributed by atoms with Crippen LogP contribution in [-0.2, 0) is 0 Å². The molecule has 2 rings (SSSR count). The molecule has 0 aliphatic rings. The van der Waals surface area contributed by atoms with E-state index in [-0.39, 0.29) is 16.9 Å². The third kappa shape index (κ3) is 2.97. The normalized spacial score (nSPS) is 10.2. The monoisotopic (exact) mass is 291 g/mol. The molecule has 0 saturated heterocycles. The lowest BCUT2D eigenvalue weighted by Crippen LogP contribution is -2.17. The Balaban J connectivity index is 2.33. The van der Waals surface area contributed by atoms with E-state index in [9.17, 15) is 18.4 Å². The molecule has 0 bridgehead atoms. The fourth-order valence-corrected chi connectivity index (χ4v) is 1.72. The van der Waals surface area contributed by atoms with Crippen molar-refractivity contribution in [3.63, 3.8) is 0 Å². The summed E-state index contributed by atoms with van der Waals surface area (Å²) in [6.07, 6.45) is 0. The van der Waals surface area contributed by atoms with E-state index in [1.807, 2.05) is 0 Å². The number of amides is 2. The highest BCUT2D eigenvalue weighted by Gasteiger charge is 2.19. The van der Waals surface area contributed by atoms with Gasteiger partial charge in [-0.3, -0.25) is 9.59 Å². The van der Waals surface area contributed by atoms with Gasteiger partial charge in [0.05, 0.1) is 5.69 Å². The standard InChI is InChI=1S/C14H11F2N3O2/c15-9-4-5-10(17)12(16)11(9)14(21)19-8-3-1-2-7(6-8)13(18)20/h1-6H,17H2,(H2,18,20)(H,19,21). The lowest BCUT2D eigenvalue weighted by atomic mass is 10.1. The van der Waals surface area contributed by atoms with Gasteiger partial charge in [0.15, 0.2) is 5.82 Å². The van der Waals surface area contributed by atoms with Crippen molar-refractivity contribution in [1.29, 1.82) is 0 Å². The third-order valence-corrected chi connectivity index (χ3v) is 2.75. The molecule has 0 fully saturated rings. The van der Waals surface area contributed by atoms with Gasteiger partial charge in [0.2, 0.25) is 5.91 Å². The van der Waals surface area contributed by atoms with Crippen LogP contribution in [0.4, 0.5) is 20.2 Å². The Bertz CT molecular complexity index is 732. The first-order valence-electron chi connectivity index (χ1n) is 5.85. The summed E-state index contributed by atoms with van der Waals surface area (Å²) >= 11 is 0. The van der Waals surface area contributed by atoms with Crippen molar-refractivity contribution in [2.24, 2.45) is 5.73 Å². The largest absolute Gasteiger partial charge is 0.396 e. The molecular formula is C14H11F2N3O2. The molecule has 7 heteroatoms. The summed E-state index contributed by atoms with van der Waals surface area (Å²) in [5.74, 6) is -3.88. The zero-order valence-corrected chi connectivity index (χ0v) is 10.7. The highest BCUT2D eigenvalue weighted by Crippen LogP contribution is 2.20. The molecule has 2 aromatic carbocycles. The summed E-state index contributed by atoms with van der Waals surface area (Å²) in [6.45, 7) is 0. The average Bonchev–Trinajstić information content (AvgIpc) is 2.43. The zero-order valence-electron chi connectivity index (χ0n) is 10.7. The Hall–Kier alpha value is -2.96. The van der Waals surface area contributed by atoms with Gasteiger partial charge in [-0.2, -0.15) is 0 Å². The third-order valence-electron chi connectivity index (χ3n) is 2.75. The van der Waals surface area contributed by atoms with Gasteiger partial charge in [0, 0.05) is 11.3 Å². The van der Waals surface area contributed by atoms with Crippen molar-refractivity contribution in [3.8, 4) is 0 Å². The molecule has 0 aliphatic carbocycles. The maximum Gasteiger partial charge on any atom is 0.261 e. The van der Waals surface area contributed by atoms with Crippen molar-refractivity contribution in [1.82, 2.24) is 0 Å². The number of halogens is 2. The number of nitrogens with two attached hydrogens (primary N) is 2. The Morgan fingerprint density at radius 1 is 1.10 bits per heavy atom. The number of hydrogen-bond acceptors (Lipinski definition) is 3.